The number of nitrogens with one attached hydrogen (secondary N) is 1. The average Bonchev–Trinajstić information content (AvgIpc) is 3.31. The number of carbonyl (C=O) groups is 1. The molecule has 0 atom stereocenters. The molecule has 0 aliphatic carbocycles. The molecule has 2 amide bonds. The fraction of sp³-hybridized carbons (Fsp3) is 0.481. The lowest BCUT2D eigenvalue weighted by molar-refractivity contribution is -0.127. The van der Waals surface area contributed by atoms with E-state index in [0.717, 1.165) is 16.7 Å². The van der Waals surface area contributed by atoms with Crippen LogP contribution in [0.3, 0.4) is 0 Å². The lowest BCUT2D eigenvalue weighted by Gasteiger charge is -2.29. The molecule has 0 spiro atoms. The third-order valence-corrected chi connectivity index (χ3v) is 6.21. The van der Waals surface area contributed by atoms with E-state index < -0.39 is 24.2 Å². The Morgan fingerprint density at radius 1 is 1.18 bits per heavy atom. The highest BCUT2D eigenvalue weighted by atomic mass is 19.4. The number of carbonyl (C=O) groups excluding carboxylic acids is 1. The summed E-state index contributed by atoms with van der Waals surface area (Å²) < 4.78 is 49.4. The molecule has 0 unspecified atom stereocenters. The van der Waals surface area contributed by atoms with E-state index in [9.17, 15) is 23.1 Å². The Morgan fingerprint density at radius 2 is 1.92 bits per heavy atom. The summed E-state index contributed by atoms with van der Waals surface area (Å²) in [6.45, 7) is 7.90. The summed E-state index contributed by atoms with van der Waals surface area (Å²) in [6, 6.07) is 8.72. The number of amides is 2. The Hall–Kier alpha value is -3.31. The van der Waals surface area contributed by atoms with Crippen molar-refractivity contribution in [1.29, 1.82) is 0 Å². The number of urea groups is 1. The van der Waals surface area contributed by atoms with Crippen molar-refractivity contribution < 1.29 is 32.5 Å². The third-order valence-electron chi connectivity index (χ3n) is 6.21. The van der Waals surface area contributed by atoms with Crippen LogP contribution in [0.5, 0.6) is 5.88 Å². The van der Waals surface area contributed by atoms with Gasteiger partial charge in [0.05, 0.1) is 25.2 Å². The van der Waals surface area contributed by atoms with Crippen LogP contribution in [0.15, 0.2) is 42.0 Å². The number of halogens is 3. The van der Waals surface area contributed by atoms with Crippen molar-refractivity contribution in [3.63, 3.8) is 0 Å². The van der Waals surface area contributed by atoms with Crippen LogP contribution in [0.25, 0.3) is 11.1 Å². The van der Waals surface area contributed by atoms with Crippen molar-refractivity contribution in [3.05, 3.63) is 47.5 Å². The van der Waals surface area contributed by atoms with Crippen LogP contribution in [0, 0.1) is 6.92 Å². The van der Waals surface area contributed by atoms with Gasteiger partial charge in [0, 0.05) is 37.9 Å². The fourth-order valence-electron chi connectivity index (χ4n) is 4.29. The first-order valence-corrected chi connectivity index (χ1v) is 12.5. The van der Waals surface area contributed by atoms with Crippen LogP contribution in [-0.2, 0) is 4.74 Å². The number of aliphatic hydroxyl groups is 1. The molecule has 38 heavy (non-hydrogen) atoms. The zero-order valence-electron chi connectivity index (χ0n) is 21.8. The van der Waals surface area contributed by atoms with E-state index in [4.69, 9.17) is 9.47 Å². The second-order valence-electron chi connectivity index (χ2n) is 10.2. The minimum Gasteiger partial charge on any atom is -0.475 e. The number of nitrogens with zero attached hydrogens (tertiary/aromatic N) is 3. The van der Waals surface area contributed by atoms with Crippen molar-refractivity contribution in [3.8, 4) is 17.0 Å². The molecule has 3 heterocycles. The largest absolute Gasteiger partial charge is 0.475 e. The molecule has 1 fully saturated rings. The van der Waals surface area contributed by atoms with Crippen molar-refractivity contribution in [2.24, 2.45) is 0 Å². The van der Waals surface area contributed by atoms with E-state index in [2.05, 4.69) is 15.2 Å². The van der Waals surface area contributed by atoms with Gasteiger partial charge in [-0.25, -0.2) is 4.79 Å². The fourth-order valence-corrected chi connectivity index (χ4v) is 4.29. The van der Waals surface area contributed by atoms with E-state index in [0.29, 0.717) is 43.7 Å². The Kier molecular flexibility index (Phi) is 8.17. The summed E-state index contributed by atoms with van der Waals surface area (Å²) in [5.74, 6) is 1.08. The zero-order chi connectivity index (χ0) is 27.5. The molecule has 0 bridgehead atoms. The number of hydrogen-bond donors (Lipinski definition) is 2. The molecular formula is C27H33F3N4O4. The van der Waals surface area contributed by atoms with Crippen LogP contribution >= 0.6 is 0 Å². The molecule has 11 heteroatoms. The summed E-state index contributed by atoms with van der Waals surface area (Å²) in [6.07, 6.45) is -3.87. The lowest BCUT2D eigenvalue weighted by Crippen LogP contribution is -2.36. The number of ether oxygens (including phenoxy) is 2. The molecule has 2 aromatic rings. The van der Waals surface area contributed by atoms with E-state index in [1.54, 1.807) is 26.0 Å². The maximum atomic E-state index is 12.8. The number of aryl methyl sites for hydroxylation is 1. The molecule has 4 rings (SSSR count). The van der Waals surface area contributed by atoms with Gasteiger partial charge in [-0.05, 0) is 61.2 Å². The van der Waals surface area contributed by atoms with Gasteiger partial charge in [-0.1, -0.05) is 12.1 Å². The van der Waals surface area contributed by atoms with Gasteiger partial charge >= 0.3 is 12.2 Å². The maximum Gasteiger partial charge on any atom is 0.392 e. The predicted molar refractivity (Wildman–Crippen MR) is 139 cm³/mol. The van der Waals surface area contributed by atoms with Gasteiger partial charge in [0.15, 0.2) is 0 Å². The van der Waals surface area contributed by atoms with Crippen LogP contribution in [0.2, 0.25) is 0 Å². The maximum absolute atomic E-state index is 12.8. The molecule has 1 saturated heterocycles. The highest BCUT2D eigenvalue weighted by Gasteiger charge is 2.32. The summed E-state index contributed by atoms with van der Waals surface area (Å²) >= 11 is 0. The first kappa shape index (κ1) is 27.7. The normalized spacial score (nSPS) is 16.4. The molecule has 1 aromatic carbocycles. The van der Waals surface area contributed by atoms with Gasteiger partial charge in [0.2, 0.25) is 5.88 Å². The zero-order valence-corrected chi connectivity index (χ0v) is 21.8. The van der Waals surface area contributed by atoms with Crippen molar-refractivity contribution in [1.82, 2.24) is 9.88 Å². The third kappa shape index (κ3) is 7.61. The average molecular weight is 535 g/mol. The molecule has 8 nitrogen and oxygen atoms in total. The summed E-state index contributed by atoms with van der Waals surface area (Å²) in [7, 11) is 0. The molecule has 206 valence electrons. The molecule has 0 saturated carbocycles. The van der Waals surface area contributed by atoms with Crippen molar-refractivity contribution in [2.75, 3.05) is 56.2 Å². The van der Waals surface area contributed by atoms with Crippen LogP contribution < -0.4 is 15.0 Å². The van der Waals surface area contributed by atoms with E-state index in [1.165, 1.54) is 11.0 Å². The molecule has 2 aliphatic heterocycles. The minimum atomic E-state index is -4.30. The van der Waals surface area contributed by atoms with Gasteiger partial charge < -0.3 is 29.7 Å². The molecular weight excluding hydrogens is 501 g/mol. The first-order valence-electron chi connectivity index (χ1n) is 12.5. The van der Waals surface area contributed by atoms with Gasteiger partial charge in [-0.15, -0.1) is 0 Å². The van der Waals surface area contributed by atoms with Gasteiger partial charge in [0.1, 0.15) is 12.4 Å². The van der Waals surface area contributed by atoms with Crippen molar-refractivity contribution >= 4 is 17.5 Å². The molecule has 1 aromatic heterocycles. The summed E-state index contributed by atoms with van der Waals surface area (Å²) in [4.78, 5) is 20.9. The number of rotatable bonds is 7. The number of benzene rings is 1. The standard InChI is InChI=1S/C27H33F3N4O4/c1-18-4-5-21(31-25(35)34-7-6-19(16-34)15-27(28,29)30)14-22(18)20-12-23(33-8-10-37-11-9-33)32-24(13-20)38-17-26(2,3)36/h4-6,12-14,36H,7-11,15-17H2,1-3H3,(H,31,35). The predicted octanol–water partition coefficient (Wildman–Crippen LogP) is 4.77. The first-order chi connectivity index (χ1) is 17.9. The van der Waals surface area contributed by atoms with Crippen LogP contribution in [-0.4, -0.2) is 78.8 Å². The second kappa shape index (κ2) is 11.2. The van der Waals surface area contributed by atoms with E-state index >= 15 is 0 Å². The highest BCUT2D eigenvalue weighted by Crippen LogP contribution is 2.33. The summed E-state index contributed by atoms with van der Waals surface area (Å²) in [5.41, 5.74) is 2.26. The quantitative estimate of drug-likeness (QED) is 0.498. The number of morpholine rings is 1. The lowest BCUT2D eigenvalue weighted by atomic mass is 10.00. The Labute approximate surface area is 220 Å². The highest BCUT2D eigenvalue weighted by molar-refractivity contribution is 5.91. The second-order valence-corrected chi connectivity index (χ2v) is 10.2. The van der Waals surface area contributed by atoms with Gasteiger partial charge in [0.25, 0.3) is 0 Å². The Balaban J connectivity index is 1.55. The Bertz CT molecular complexity index is 1190. The van der Waals surface area contributed by atoms with Crippen LogP contribution in [0.4, 0.5) is 29.5 Å². The molecule has 2 aliphatic rings. The SMILES string of the molecule is Cc1ccc(NC(=O)N2CC=C(CC(F)(F)F)C2)cc1-c1cc(OCC(C)(C)O)nc(N2CCOCC2)c1. The minimum absolute atomic E-state index is 0.0563. The number of pyridine rings is 1. The monoisotopic (exact) mass is 534 g/mol. The number of hydrogen-bond acceptors (Lipinski definition) is 6. The molecule has 0 radical (unpaired) electrons. The Morgan fingerprint density at radius 3 is 2.61 bits per heavy atom. The number of alkyl halides is 3. The van der Waals surface area contributed by atoms with E-state index in [1.807, 2.05) is 25.1 Å². The smallest absolute Gasteiger partial charge is 0.392 e. The van der Waals surface area contributed by atoms with E-state index in [-0.39, 0.29) is 25.3 Å². The molecule has 2 N–H and O–H groups in total. The topological polar surface area (TPSA) is 87.2 Å². The van der Waals surface area contributed by atoms with Gasteiger partial charge in [-0.2, -0.15) is 18.2 Å². The van der Waals surface area contributed by atoms with Gasteiger partial charge in [-0.3, -0.25) is 0 Å². The number of aromatic nitrogens is 1. The summed E-state index contributed by atoms with van der Waals surface area (Å²) in [5, 5.41) is 12.9. The number of anilines is 2. The van der Waals surface area contributed by atoms with Crippen molar-refractivity contribution in [2.45, 2.75) is 39.0 Å². The van der Waals surface area contributed by atoms with Crippen LogP contribution in [0.1, 0.15) is 25.8 Å².